The summed E-state index contributed by atoms with van der Waals surface area (Å²) in [5, 5.41) is 18.8. The third kappa shape index (κ3) is 6.46. The number of nitro benzene ring substituents is 1. The molecule has 0 unspecified atom stereocenters. The van der Waals surface area contributed by atoms with E-state index in [4.69, 9.17) is 4.74 Å². The van der Waals surface area contributed by atoms with E-state index in [-0.39, 0.29) is 22.9 Å². The van der Waals surface area contributed by atoms with Crippen molar-refractivity contribution < 1.29 is 19.2 Å². The highest BCUT2D eigenvalue weighted by atomic mass is 32.2. The second-order valence-electron chi connectivity index (χ2n) is 7.39. The highest BCUT2D eigenvalue weighted by Crippen LogP contribution is 2.28. The van der Waals surface area contributed by atoms with Crippen LogP contribution in [0.25, 0.3) is 11.3 Å². The van der Waals surface area contributed by atoms with Gasteiger partial charge in [-0.05, 0) is 42.5 Å². The maximum atomic E-state index is 12.4. The number of amides is 2. The molecule has 1 aromatic heterocycles. The molecule has 0 aliphatic carbocycles. The quantitative estimate of drug-likeness (QED) is 0.165. The molecule has 9 nitrogen and oxygen atoms in total. The number of ether oxygens (including phenoxy) is 1. The number of nitrogens with zero attached hydrogens (tertiary/aromatic N) is 2. The number of rotatable bonds is 9. The van der Waals surface area contributed by atoms with Gasteiger partial charge in [0.1, 0.15) is 5.75 Å². The lowest BCUT2D eigenvalue weighted by Crippen LogP contribution is -2.13. The van der Waals surface area contributed by atoms with Crippen molar-refractivity contribution in [3.63, 3.8) is 0 Å². The fraction of sp³-hybridized carbons (Fsp3) is 0.0800. The minimum Gasteiger partial charge on any atom is -0.497 e. The predicted molar refractivity (Wildman–Crippen MR) is 141 cm³/mol. The molecule has 182 valence electrons. The van der Waals surface area contributed by atoms with E-state index in [0.29, 0.717) is 10.8 Å². The zero-order valence-electron chi connectivity index (χ0n) is 19.0. The molecular weight excluding hydrogens is 500 g/mol. The maximum Gasteiger partial charge on any atom is 0.270 e. The van der Waals surface area contributed by atoms with Crippen LogP contribution in [-0.4, -0.2) is 34.6 Å². The number of non-ortho nitro benzene ring substituents is 1. The van der Waals surface area contributed by atoms with Gasteiger partial charge < -0.3 is 15.4 Å². The Hall–Kier alpha value is -4.22. The van der Waals surface area contributed by atoms with E-state index >= 15 is 0 Å². The van der Waals surface area contributed by atoms with E-state index in [1.807, 2.05) is 29.6 Å². The normalized spacial score (nSPS) is 10.5. The van der Waals surface area contributed by atoms with Gasteiger partial charge in [-0.1, -0.05) is 18.2 Å². The van der Waals surface area contributed by atoms with Crippen molar-refractivity contribution in [1.82, 2.24) is 4.98 Å². The van der Waals surface area contributed by atoms with E-state index in [2.05, 4.69) is 15.6 Å². The number of benzene rings is 3. The number of nitrogens with one attached hydrogen (secondary N) is 2. The lowest BCUT2D eigenvalue weighted by molar-refractivity contribution is -0.384. The van der Waals surface area contributed by atoms with Gasteiger partial charge in [-0.15, -0.1) is 23.1 Å². The van der Waals surface area contributed by atoms with Gasteiger partial charge in [0.25, 0.3) is 11.6 Å². The fourth-order valence-corrected chi connectivity index (χ4v) is 4.58. The molecule has 0 spiro atoms. The van der Waals surface area contributed by atoms with E-state index in [0.717, 1.165) is 21.9 Å². The number of anilines is 2. The topological polar surface area (TPSA) is 123 Å². The number of hydrogen-bond acceptors (Lipinski definition) is 8. The third-order valence-corrected chi connectivity index (χ3v) is 6.69. The average molecular weight is 521 g/mol. The number of carbonyl (C=O) groups is 2. The fourth-order valence-electron chi connectivity index (χ4n) is 3.15. The molecule has 1 heterocycles. The number of hydrogen-bond donors (Lipinski definition) is 2. The Kier molecular flexibility index (Phi) is 7.93. The molecule has 4 rings (SSSR count). The van der Waals surface area contributed by atoms with Crippen LogP contribution in [0.4, 0.5) is 16.5 Å². The van der Waals surface area contributed by atoms with Gasteiger partial charge >= 0.3 is 0 Å². The van der Waals surface area contributed by atoms with Crippen LogP contribution < -0.4 is 15.4 Å². The van der Waals surface area contributed by atoms with Crippen molar-refractivity contribution >= 4 is 51.4 Å². The smallest absolute Gasteiger partial charge is 0.270 e. The first-order valence-electron chi connectivity index (χ1n) is 10.6. The largest absolute Gasteiger partial charge is 0.497 e. The zero-order valence-corrected chi connectivity index (χ0v) is 20.6. The minimum absolute atomic E-state index is 0.151. The molecular formula is C25H20N4O5S2. The first-order valence-corrected chi connectivity index (χ1v) is 12.5. The van der Waals surface area contributed by atoms with Crippen LogP contribution in [-0.2, 0) is 4.79 Å². The van der Waals surface area contributed by atoms with Crippen molar-refractivity contribution in [2.45, 2.75) is 4.90 Å². The molecule has 3 aromatic carbocycles. The van der Waals surface area contributed by atoms with Gasteiger partial charge in [-0.2, -0.15) is 0 Å². The van der Waals surface area contributed by atoms with Crippen molar-refractivity contribution in [3.8, 4) is 17.0 Å². The highest BCUT2D eigenvalue weighted by Gasteiger charge is 2.12. The molecule has 0 bridgehead atoms. The molecule has 0 saturated carbocycles. The molecule has 0 aliphatic rings. The Morgan fingerprint density at radius 2 is 1.83 bits per heavy atom. The number of thioether (sulfide) groups is 1. The predicted octanol–water partition coefficient (Wildman–Crippen LogP) is 5.71. The monoisotopic (exact) mass is 520 g/mol. The van der Waals surface area contributed by atoms with Crippen LogP contribution in [0.5, 0.6) is 5.75 Å². The summed E-state index contributed by atoms with van der Waals surface area (Å²) in [4.78, 5) is 40.4. The van der Waals surface area contributed by atoms with Crippen molar-refractivity contribution in [2.75, 3.05) is 23.5 Å². The molecule has 11 heteroatoms. The first kappa shape index (κ1) is 24.9. The van der Waals surface area contributed by atoms with Crippen molar-refractivity contribution in [1.29, 1.82) is 0 Å². The molecule has 0 fully saturated rings. The number of nitro groups is 1. The van der Waals surface area contributed by atoms with E-state index in [1.54, 1.807) is 31.4 Å². The van der Waals surface area contributed by atoms with Gasteiger partial charge in [0.15, 0.2) is 5.13 Å². The van der Waals surface area contributed by atoms with E-state index < -0.39 is 10.8 Å². The van der Waals surface area contributed by atoms with Gasteiger partial charge in [0.2, 0.25) is 5.91 Å². The van der Waals surface area contributed by atoms with Gasteiger partial charge in [0, 0.05) is 39.2 Å². The summed E-state index contributed by atoms with van der Waals surface area (Å²) < 4.78 is 5.24. The van der Waals surface area contributed by atoms with E-state index in [9.17, 15) is 19.7 Å². The molecule has 0 atom stereocenters. The molecule has 0 radical (unpaired) electrons. The van der Waals surface area contributed by atoms with Crippen LogP contribution in [0, 0.1) is 10.1 Å². The average Bonchev–Trinajstić information content (AvgIpc) is 3.36. The molecule has 0 saturated heterocycles. The Morgan fingerprint density at radius 3 is 2.58 bits per heavy atom. The lowest BCUT2D eigenvalue weighted by Gasteiger charge is -2.07. The van der Waals surface area contributed by atoms with E-state index in [1.165, 1.54) is 47.4 Å². The highest BCUT2D eigenvalue weighted by molar-refractivity contribution is 8.00. The van der Waals surface area contributed by atoms with Crippen LogP contribution in [0.2, 0.25) is 0 Å². The summed E-state index contributed by atoms with van der Waals surface area (Å²) in [5.41, 5.74) is 2.23. The summed E-state index contributed by atoms with van der Waals surface area (Å²) in [6, 6.07) is 20.0. The summed E-state index contributed by atoms with van der Waals surface area (Å²) in [6.45, 7) is 0. The number of carbonyl (C=O) groups excluding carboxylic acids is 2. The molecule has 2 N–H and O–H groups in total. The molecule has 2 amide bonds. The van der Waals surface area contributed by atoms with Crippen molar-refractivity contribution in [2.24, 2.45) is 0 Å². The molecule has 36 heavy (non-hydrogen) atoms. The Morgan fingerprint density at radius 1 is 1.06 bits per heavy atom. The summed E-state index contributed by atoms with van der Waals surface area (Å²) >= 11 is 2.69. The Bertz CT molecular complexity index is 1410. The maximum absolute atomic E-state index is 12.4. The number of aromatic nitrogens is 1. The Balaban J connectivity index is 1.28. The van der Waals surface area contributed by atoms with Gasteiger partial charge in [0.05, 0.1) is 23.5 Å². The molecule has 4 aromatic rings. The number of thiazole rings is 1. The third-order valence-electron chi connectivity index (χ3n) is 4.92. The summed E-state index contributed by atoms with van der Waals surface area (Å²) in [5.74, 6) is 0.287. The zero-order chi connectivity index (χ0) is 25.5. The second-order valence-corrected chi connectivity index (χ2v) is 9.30. The standard InChI is InChI=1S/C25H20N4O5S2/c1-34-20-7-3-4-16(13-20)22-14-36-25(27-22)28-23(30)15-35-21-10-8-18(9-11-21)26-24(31)17-5-2-6-19(12-17)29(32)33/h2-14H,15H2,1H3,(H,26,31)(H,27,28,30). The first-order chi connectivity index (χ1) is 17.4. The minimum atomic E-state index is -0.549. The molecule has 0 aliphatic heterocycles. The second kappa shape index (κ2) is 11.5. The van der Waals surface area contributed by atoms with Crippen molar-refractivity contribution in [3.05, 3.63) is 93.9 Å². The van der Waals surface area contributed by atoms with Gasteiger partial charge in [-0.3, -0.25) is 19.7 Å². The van der Waals surface area contributed by atoms with Crippen LogP contribution in [0.1, 0.15) is 10.4 Å². The van der Waals surface area contributed by atoms with Crippen LogP contribution >= 0.6 is 23.1 Å². The van der Waals surface area contributed by atoms with Crippen LogP contribution in [0.15, 0.2) is 83.1 Å². The SMILES string of the molecule is COc1cccc(-c2csc(NC(=O)CSc3ccc(NC(=O)c4cccc([N+](=O)[O-])c4)cc3)n2)c1. The summed E-state index contributed by atoms with van der Waals surface area (Å²) in [7, 11) is 1.60. The van der Waals surface area contributed by atoms with Gasteiger partial charge in [-0.25, -0.2) is 4.98 Å². The lowest BCUT2D eigenvalue weighted by atomic mass is 10.2. The number of methoxy groups -OCH3 is 1. The summed E-state index contributed by atoms with van der Waals surface area (Å²) in [6.07, 6.45) is 0. The Labute approximate surface area is 214 Å². The van der Waals surface area contributed by atoms with Crippen LogP contribution in [0.3, 0.4) is 0 Å².